The Labute approximate surface area is 121 Å². The lowest BCUT2D eigenvalue weighted by Gasteiger charge is -1.98. The third-order valence-electron chi connectivity index (χ3n) is 3.77. The van der Waals surface area contributed by atoms with Gasteiger partial charge in [-0.15, -0.1) is 0 Å². The van der Waals surface area contributed by atoms with Crippen LogP contribution in [0.4, 0.5) is 0 Å². The summed E-state index contributed by atoms with van der Waals surface area (Å²) in [6.07, 6.45) is 2.67. The molecule has 0 bridgehead atoms. The third kappa shape index (κ3) is 1.75. The van der Waals surface area contributed by atoms with Gasteiger partial charge in [0.25, 0.3) is 0 Å². The van der Waals surface area contributed by atoms with Crippen LogP contribution in [0.5, 0.6) is 0 Å². The second-order valence-corrected chi connectivity index (χ2v) is 4.96. The minimum atomic E-state index is 0.662. The minimum Gasteiger partial charge on any atom is -0.353 e. The van der Waals surface area contributed by atoms with Crippen LogP contribution in [0.1, 0.15) is 10.4 Å². The molecule has 4 aromatic rings. The van der Waals surface area contributed by atoms with Crippen molar-refractivity contribution < 1.29 is 4.79 Å². The van der Waals surface area contributed by atoms with E-state index in [4.69, 9.17) is 0 Å². The number of para-hydroxylation sites is 1. The van der Waals surface area contributed by atoms with Crippen LogP contribution in [-0.2, 0) is 0 Å². The van der Waals surface area contributed by atoms with Crippen molar-refractivity contribution in [3.8, 4) is 11.3 Å². The monoisotopic (exact) mass is 272 g/mol. The molecule has 2 aromatic heterocycles. The van der Waals surface area contributed by atoms with Gasteiger partial charge in [-0.05, 0) is 11.6 Å². The fraction of sp³-hybridized carbons (Fsp3) is 0. The molecule has 0 saturated heterocycles. The number of fused-ring (bicyclic) bond motifs is 3. The quantitative estimate of drug-likeness (QED) is 0.556. The van der Waals surface area contributed by atoms with E-state index in [1.54, 1.807) is 6.20 Å². The maximum absolute atomic E-state index is 11.6. The topological polar surface area (TPSA) is 45.8 Å². The summed E-state index contributed by atoms with van der Waals surface area (Å²) in [5.74, 6) is 0. The number of benzene rings is 2. The highest BCUT2D eigenvalue weighted by Crippen LogP contribution is 2.32. The molecular weight excluding hydrogens is 260 g/mol. The van der Waals surface area contributed by atoms with Crippen LogP contribution < -0.4 is 0 Å². The number of rotatable bonds is 2. The van der Waals surface area contributed by atoms with Crippen LogP contribution in [0.25, 0.3) is 33.1 Å². The van der Waals surface area contributed by atoms with E-state index in [0.29, 0.717) is 5.56 Å². The molecule has 0 amide bonds. The van der Waals surface area contributed by atoms with Gasteiger partial charge >= 0.3 is 0 Å². The first-order valence-electron chi connectivity index (χ1n) is 6.78. The Morgan fingerprint density at radius 2 is 1.67 bits per heavy atom. The predicted molar refractivity (Wildman–Crippen MR) is 84.4 cm³/mol. The summed E-state index contributed by atoms with van der Waals surface area (Å²) < 4.78 is 0. The molecule has 0 aliphatic carbocycles. The van der Waals surface area contributed by atoms with Gasteiger partial charge in [0, 0.05) is 22.5 Å². The number of aldehydes is 1. The highest BCUT2D eigenvalue weighted by atomic mass is 16.1. The molecule has 0 fully saturated rings. The van der Waals surface area contributed by atoms with Crippen molar-refractivity contribution >= 4 is 28.1 Å². The van der Waals surface area contributed by atoms with Crippen molar-refractivity contribution in [2.75, 3.05) is 0 Å². The number of nitrogens with one attached hydrogen (secondary N) is 1. The highest BCUT2D eigenvalue weighted by Gasteiger charge is 2.14. The molecule has 3 nitrogen and oxygen atoms in total. The van der Waals surface area contributed by atoms with Gasteiger partial charge in [-0.1, -0.05) is 48.5 Å². The number of nitrogens with zero attached hydrogens (tertiary/aromatic N) is 1. The smallest absolute Gasteiger partial charge is 0.152 e. The molecule has 21 heavy (non-hydrogen) atoms. The minimum absolute atomic E-state index is 0.662. The summed E-state index contributed by atoms with van der Waals surface area (Å²) in [6.45, 7) is 0. The average molecular weight is 272 g/mol. The maximum atomic E-state index is 11.6. The summed E-state index contributed by atoms with van der Waals surface area (Å²) in [6, 6.07) is 17.8. The number of hydrogen-bond acceptors (Lipinski definition) is 2. The van der Waals surface area contributed by atoms with Gasteiger partial charge < -0.3 is 4.98 Å². The van der Waals surface area contributed by atoms with Crippen LogP contribution in [0.2, 0.25) is 0 Å². The molecule has 3 heteroatoms. The van der Waals surface area contributed by atoms with Crippen LogP contribution in [0, 0.1) is 0 Å². The Morgan fingerprint density at radius 1 is 0.905 bits per heavy atom. The van der Waals surface area contributed by atoms with Gasteiger partial charge in [0.05, 0.1) is 16.7 Å². The lowest BCUT2D eigenvalue weighted by Crippen LogP contribution is -1.84. The zero-order valence-electron chi connectivity index (χ0n) is 11.2. The molecule has 0 atom stereocenters. The first-order chi connectivity index (χ1) is 10.4. The van der Waals surface area contributed by atoms with Crippen LogP contribution >= 0.6 is 0 Å². The molecule has 0 aliphatic rings. The van der Waals surface area contributed by atoms with E-state index in [0.717, 1.165) is 39.3 Å². The number of pyridine rings is 1. The molecule has 0 saturated carbocycles. The molecule has 0 spiro atoms. The maximum Gasteiger partial charge on any atom is 0.152 e. The van der Waals surface area contributed by atoms with E-state index in [1.165, 1.54) is 0 Å². The molecule has 0 unspecified atom stereocenters. The first-order valence-corrected chi connectivity index (χ1v) is 6.78. The van der Waals surface area contributed by atoms with Crippen LogP contribution in [-0.4, -0.2) is 16.3 Å². The van der Waals surface area contributed by atoms with Gasteiger partial charge in [0.15, 0.2) is 6.29 Å². The van der Waals surface area contributed by atoms with Crippen molar-refractivity contribution in [1.29, 1.82) is 0 Å². The van der Waals surface area contributed by atoms with E-state index < -0.39 is 0 Å². The third-order valence-corrected chi connectivity index (χ3v) is 3.77. The lowest BCUT2D eigenvalue weighted by molar-refractivity contribution is 0.112. The number of hydrogen-bond donors (Lipinski definition) is 1. The lowest BCUT2D eigenvalue weighted by atomic mass is 10.1. The van der Waals surface area contributed by atoms with E-state index in [9.17, 15) is 4.79 Å². The summed E-state index contributed by atoms with van der Waals surface area (Å²) >= 11 is 0. The molecule has 1 N–H and O–H groups in total. The van der Waals surface area contributed by atoms with E-state index in [1.807, 2.05) is 54.6 Å². The van der Waals surface area contributed by atoms with Gasteiger partial charge in [0.2, 0.25) is 0 Å². The highest BCUT2D eigenvalue weighted by molar-refractivity contribution is 6.12. The Kier molecular flexibility index (Phi) is 2.57. The second-order valence-electron chi connectivity index (χ2n) is 4.96. The van der Waals surface area contributed by atoms with Gasteiger partial charge in [0.1, 0.15) is 0 Å². The van der Waals surface area contributed by atoms with Crippen LogP contribution in [0.15, 0.2) is 60.8 Å². The fourth-order valence-corrected chi connectivity index (χ4v) is 2.76. The molecule has 100 valence electrons. The normalized spacial score (nSPS) is 11.0. The molecule has 2 aromatic carbocycles. The van der Waals surface area contributed by atoms with Gasteiger partial charge in [-0.25, -0.2) is 0 Å². The van der Waals surface area contributed by atoms with E-state index in [-0.39, 0.29) is 0 Å². The Balaban J connectivity index is 2.13. The van der Waals surface area contributed by atoms with E-state index in [2.05, 4.69) is 9.97 Å². The second kappa shape index (κ2) is 4.56. The number of carbonyl (C=O) groups is 1. The molecule has 0 radical (unpaired) electrons. The predicted octanol–water partition coefficient (Wildman–Crippen LogP) is 4.20. The van der Waals surface area contributed by atoms with Crippen molar-refractivity contribution in [1.82, 2.24) is 9.97 Å². The fourth-order valence-electron chi connectivity index (χ4n) is 2.76. The zero-order valence-corrected chi connectivity index (χ0v) is 11.2. The zero-order chi connectivity index (χ0) is 14.2. The first kappa shape index (κ1) is 11.9. The van der Waals surface area contributed by atoms with Crippen molar-refractivity contribution in [2.45, 2.75) is 0 Å². The molecule has 2 heterocycles. The summed E-state index contributed by atoms with van der Waals surface area (Å²) in [7, 11) is 0. The van der Waals surface area contributed by atoms with Crippen molar-refractivity contribution in [2.24, 2.45) is 0 Å². The Morgan fingerprint density at radius 3 is 2.48 bits per heavy atom. The van der Waals surface area contributed by atoms with E-state index >= 15 is 0 Å². The largest absolute Gasteiger partial charge is 0.353 e. The average Bonchev–Trinajstić information content (AvgIpc) is 2.94. The number of aromatic nitrogens is 2. The van der Waals surface area contributed by atoms with Crippen LogP contribution in [0.3, 0.4) is 0 Å². The van der Waals surface area contributed by atoms with Crippen molar-refractivity contribution in [3.05, 3.63) is 66.4 Å². The number of H-pyrrole nitrogens is 1. The van der Waals surface area contributed by atoms with Gasteiger partial charge in [-0.3, -0.25) is 9.78 Å². The summed E-state index contributed by atoms with van der Waals surface area (Å²) in [5.41, 5.74) is 4.39. The van der Waals surface area contributed by atoms with Crippen molar-refractivity contribution in [3.63, 3.8) is 0 Å². The molecular formula is C18H12N2O. The Hall–Kier alpha value is -2.94. The Bertz CT molecular complexity index is 955. The van der Waals surface area contributed by atoms with Gasteiger partial charge in [-0.2, -0.15) is 0 Å². The number of aromatic amines is 1. The number of carbonyl (C=O) groups excluding carboxylic acids is 1. The summed E-state index contributed by atoms with van der Waals surface area (Å²) in [5, 5.41) is 1.89. The standard InChI is InChI=1S/C18H12N2O/c21-11-15-14-10-19-16-9-5-4-8-13(16)18(14)20-17(15)12-6-2-1-3-7-12/h1-11,20H. The molecule has 4 rings (SSSR count). The summed E-state index contributed by atoms with van der Waals surface area (Å²) in [4.78, 5) is 19.4. The SMILES string of the molecule is O=Cc1c(-c2ccccc2)[nH]c2c1cnc1ccccc12. The molecule has 0 aliphatic heterocycles.